The van der Waals surface area contributed by atoms with Gasteiger partial charge in [0.1, 0.15) is 0 Å². The van der Waals surface area contributed by atoms with Gasteiger partial charge >= 0.3 is 0 Å². The summed E-state index contributed by atoms with van der Waals surface area (Å²) >= 11 is 0. The quantitative estimate of drug-likeness (QED) is 0.252. The number of nitrogens with two attached hydrogens (primary N) is 2. The van der Waals surface area contributed by atoms with Crippen molar-refractivity contribution in [2.24, 2.45) is 11.5 Å². The highest BCUT2D eigenvalue weighted by atomic mass is 19.0. The Bertz CT molecular complexity index is 216. The molecule has 0 aromatic carbocycles. The molecule has 0 rings (SSSR count). The van der Waals surface area contributed by atoms with Gasteiger partial charge in [-0.15, -0.1) is 0 Å². The lowest BCUT2D eigenvalue weighted by Crippen LogP contribution is -2.23. The summed E-state index contributed by atoms with van der Waals surface area (Å²) in [5, 5.41) is 0. The maximum atomic E-state index is 5.96. The highest BCUT2D eigenvalue weighted by Gasteiger charge is 2.00. The van der Waals surface area contributed by atoms with Crippen LogP contribution in [0.25, 0.3) is 0 Å². The second-order valence-corrected chi connectivity index (χ2v) is 7.43. The van der Waals surface area contributed by atoms with Crippen molar-refractivity contribution in [2.75, 3.05) is 6.54 Å². The third-order valence-electron chi connectivity index (χ3n) is 4.97. The van der Waals surface area contributed by atoms with Crippen molar-refractivity contribution in [3.63, 3.8) is 0 Å². The fraction of sp³-hybridized carbons (Fsp3) is 1.00. The summed E-state index contributed by atoms with van der Waals surface area (Å²) in [6, 6.07) is 0.339. The standard InChI is InChI=1S/C21H46N2.2FH/c1-2-3-4-5-6-7-8-9-10-11-12-13-14-15-16-17-18-21(23)19-20-22;;/h21H,2-20,22-23H2,1H3;2*1H. The first-order valence-electron chi connectivity index (χ1n) is 10.8. The van der Waals surface area contributed by atoms with Gasteiger partial charge in [-0.05, 0) is 19.4 Å². The van der Waals surface area contributed by atoms with Crippen molar-refractivity contribution in [1.82, 2.24) is 0 Å². The van der Waals surface area contributed by atoms with E-state index in [1.165, 1.54) is 103 Å². The molecule has 0 aliphatic heterocycles. The first kappa shape index (κ1) is 29.5. The summed E-state index contributed by atoms with van der Waals surface area (Å²) in [4.78, 5) is 0. The largest absolute Gasteiger partial charge is 0.330 e. The molecular weight excluding hydrogens is 318 g/mol. The van der Waals surface area contributed by atoms with Crippen LogP contribution < -0.4 is 11.5 Å². The van der Waals surface area contributed by atoms with Gasteiger partial charge in [-0.1, -0.05) is 110 Å². The average molecular weight is 367 g/mol. The first-order valence-corrected chi connectivity index (χ1v) is 10.8. The molecule has 1 unspecified atom stereocenters. The molecule has 156 valence electrons. The van der Waals surface area contributed by atoms with E-state index in [2.05, 4.69) is 6.92 Å². The molecule has 0 saturated heterocycles. The molecule has 0 heterocycles. The van der Waals surface area contributed by atoms with Gasteiger partial charge < -0.3 is 11.5 Å². The number of hydrogen-bond acceptors (Lipinski definition) is 2. The number of unbranched alkanes of at least 4 members (excludes halogenated alkanes) is 15. The maximum absolute atomic E-state index is 5.96. The molecule has 0 bridgehead atoms. The molecule has 25 heavy (non-hydrogen) atoms. The molecular formula is C21H48F2N2. The molecule has 0 radical (unpaired) electrons. The van der Waals surface area contributed by atoms with Gasteiger partial charge in [-0.3, -0.25) is 9.41 Å². The molecule has 0 fully saturated rings. The normalized spacial score (nSPS) is 11.6. The summed E-state index contributed by atoms with van der Waals surface area (Å²) < 4.78 is 0. The van der Waals surface area contributed by atoms with Crippen molar-refractivity contribution >= 4 is 0 Å². The lowest BCUT2D eigenvalue weighted by molar-refractivity contribution is 0.504. The molecule has 1 atom stereocenters. The van der Waals surface area contributed by atoms with Crippen molar-refractivity contribution in [2.45, 2.75) is 129 Å². The van der Waals surface area contributed by atoms with E-state index in [1.807, 2.05) is 0 Å². The van der Waals surface area contributed by atoms with Crippen LogP contribution in [0.4, 0.5) is 9.41 Å². The highest BCUT2D eigenvalue weighted by Crippen LogP contribution is 2.14. The fourth-order valence-electron chi connectivity index (χ4n) is 3.31. The van der Waals surface area contributed by atoms with Crippen molar-refractivity contribution in [3.8, 4) is 0 Å². The Hall–Kier alpha value is -0.220. The second-order valence-electron chi connectivity index (χ2n) is 7.43. The van der Waals surface area contributed by atoms with Gasteiger partial charge in [0.05, 0.1) is 0 Å². The van der Waals surface area contributed by atoms with Gasteiger partial charge in [-0.25, -0.2) is 0 Å². The molecule has 0 aliphatic carbocycles. The lowest BCUT2D eigenvalue weighted by Gasteiger charge is -2.09. The van der Waals surface area contributed by atoms with E-state index in [0.29, 0.717) is 6.04 Å². The minimum atomic E-state index is 0. The minimum Gasteiger partial charge on any atom is -0.330 e. The molecule has 4 N–H and O–H groups in total. The van der Waals surface area contributed by atoms with Crippen LogP contribution in [-0.2, 0) is 0 Å². The molecule has 0 aliphatic rings. The smallest absolute Gasteiger partial charge is 0.00508 e. The Labute approximate surface area is 156 Å². The summed E-state index contributed by atoms with van der Waals surface area (Å²) in [6.07, 6.45) is 25.0. The molecule has 0 aromatic heterocycles. The van der Waals surface area contributed by atoms with Crippen LogP contribution in [0, 0.1) is 0 Å². The number of halogens is 2. The molecule has 4 heteroatoms. The summed E-state index contributed by atoms with van der Waals surface area (Å²) in [5.74, 6) is 0. The highest BCUT2D eigenvalue weighted by molar-refractivity contribution is 4.61. The van der Waals surface area contributed by atoms with Gasteiger partial charge in [0.2, 0.25) is 0 Å². The van der Waals surface area contributed by atoms with E-state index in [4.69, 9.17) is 11.5 Å². The zero-order valence-electron chi connectivity index (χ0n) is 17.0. The second kappa shape index (κ2) is 26.0. The average Bonchev–Trinajstić information content (AvgIpc) is 2.54. The van der Waals surface area contributed by atoms with Crippen LogP contribution in [-0.4, -0.2) is 12.6 Å². The van der Waals surface area contributed by atoms with Gasteiger partial charge in [0.15, 0.2) is 0 Å². The van der Waals surface area contributed by atoms with Crippen LogP contribution in [0.5, 0.6) is 0 Å². The molecule has 0 aromatic rings. The lowest BCUT2D eigenvalue weighted by atomic mass is 10.0. The van der Waals surface area contributed by atoms with Crippen molar-refractivity contribution < 1.29 is 9.41 Å². The predicted molar refractivity (Wildman–Crippen MR) is 111 cm³/mol. The van der Waals surface area contributed by atoms with Gasteiger partial charge in [-0.2, -0.15) is 0 Å². The van der Waals surface area contributed by atoms with E-state index in [0.717, 1.165) is 19.4 Å². The van der Waals surface area contributed by atoms with E-state index in [1.54, 1.807) is 0 Å². The third kappa shape index (κ3) is 26.1. The van der Waals surface area contributed by atoms with Crippen LogP contribution in [0.15, 0.2) is 0 Å². The Morgan fingerprint density at radius 1 is 0.520 bits per heavy atom. The van der Waals surface area contributed by atoms with Crippen LogP contribution >= 0.6 is 0 Å². The Morgan fingerprint density at radius 3 is 1.16 bits per heavy atom. The number of rotatable bonds is 19. The van der Waals surface area contributed by atoms with Crippen molar-refractivity contribution in [1.29, 1.82) is 0 Å². The summed E-state index contributed by atoms with van der Waals surface area (Å²) in [5.41, 5.74) is 11.5. The zero-order valence-corrected chi connectivity index (χ0v) is 17.0. The Kier molecular flexibility index (Phi) is 30.7. The van der Waals surface area contributed by atoms with E-state index >= 15 is 0 Å². The topological polar surface area (TPSA) is 52.0 Å². The van der Waals surface area contributed by atoms with E-state index in [-0.39, 0.29) is 9.41 Å². The van der Waals surface area contributed by atoms with Crippen LogP contribution in [0.1, 0.15) is 122 Å². The SMILES string of the molecule is CCCCCCCCCCCCCCCCCCC(N)CCN.F.F. The Morgan fingerprint density at radius 2 is 0.840 bits per heavy atom. The van der Waals surface area contributed by atoms with Crippen LogP contribution in [0.3, 0.4) is 0 Å². The molecule has 0 saturated carbocycles. The maximum Gasteiger partial charge on any atom is 0.00508 e. The van der Waals surface area contributed by atoms with Gasteiger partial charge in [0, 0.05) is 6.04 Å². The van der Waals surface area contributed by atoms with Crippen molar-refractivity contribution in [3.05, 3.63) is 0 Å². The van der Waals surface area contributed by atoms with E-state index in [9.17, 15) is 0 Å². The van der Waals surface area contributed by atoms with Gasteiger partial charge in [0.25, 0.3) is 0 Å². The minimum absolute atomic E-state index is 0. The summed E-state index contributed by atoms with van der Waals surface area (Å²) in [6.45, 7) is 3.03. The van der Waals surface area contributed by atoms with Crippen LogP contribution in [0.2, 0.25) is 0 Å². The first-order chi connectivity index (χ1) is 11.3. The third-order valence-corrected chi connectivity index (χ3v) is 4.97. The number of hydrogen-bond donors (Lipinski definition) is 2. The molecule has 0 spiro atoms. The summed E-state index contributed by atoms with van der Waals surface area (Å²) in [7, 11) is 0. The fourth-order valence-corrected chi connectivity index (χ4v) is 3.31. The molecule has 2 nitrogen and oxygen atoms in total. The monoisotopic (exact) mass is 366 g/mol. The van der Waals surface area contributed by atoms with E-state index < -0.39 is 0 Å². The Balaban J connectivity index is -0.00000242. The zero-order chi connectivity index (χ0) is 17.0. The molecule has 0 amide bonds. The predicted octanol–water partition coefficient (Wildman–Crippen LogP) is 6.62.